The summed E-state index contributed by atoms with van der Waals surface area (Å²) in [4.78, 5) is 4.33. The zero-order chi connectivity index (χ0) is 10.7. The fraction of sp³-hybridized carbons (Fsp3) is 0.800. The minimum Gasteiger partial charge on any atom is -0.339 e. The minimum atomic E-state index is -0.0941. The van der Waals surface area contributed by atoms with Gasteiger partial charge in [0.25, 0.3) is 0 Å². The molecule has 0 unspecified atom stereocenters. The van der Waals surface area contributed by atoms with Crippen LogP contribution in [0.2, 0.25) is 0 Å². The van der Waals surface area contributed by atoms with Crippen molar-refractivity contribution >= 4 is 11.8 Å². The molecule has 15 heavy (non-hydrogen) atoms. The van der Waals surface area contributed by atoms with Gasteiger partial charge in [-0.1, -0.05) is 18.0 Å². The smallest absolute Gasteiger partial charge is 0.228 e. The topological polar surface area (TPSA) is 64.9 Å². The van der Waals surface area contributed by atoms with Crippen molar-refractivity contribution in [1.82, 2.24) is 10.1 Å². The third-order valence-corrected chi connectivity index (χ3v) is 3.43. The first kappa shape index (κ1) is 11.0. The van der Waals surface area contributed by atoms with Crippen molar-refractivity contribution in [3.05, 3.63) is 11.7 Å². The Bertz CT molecular complexity index is 320. The third kappa shape index (κ3) is 2.72. The van der Waals surface area contributed by atoms with Gasteiger partial charge in [0.15, 0.2) is 5.82 Å². The first-order valence-corrected chi connectivity index (χ1v) is 6.70. The van der Waals surface area contributed by atoms with Crippen LogP contribution >= 0.6 is 11.8 Å². The van der Waals surface area contributed by atoms with Crippen LogP contribution in [0.25, 0.3) is 0 Å². The summed E-state index contributed by atoms with van der Waals surface area (Å²) >= 11 is 1.69. The highest BCUT2D eigenvalue weighted by molar-refractivity contribution is 7.97. The summed E-state index contributed by atoms with van der Waals surface area (Å²) in [6.45, 7) is 0. The van der Waals surface area contributed by atoms with E-state index < -0.39 is 0 Å². The summed E-state index contributed by atoms with van der Waals surface area (Å²) < 4.78 is 5.19. The largest absolute Gasteiger partial charge is 0.339 e. The second kappa shape index (κ2) is 4.53. The van der Waals surface area contributed by atoms with E-state index in [0.29, 0.717) is 5.89 Å². The summed E-state index contributed by atoms with van der Waals surface area (Å²) in [5.41, 5.74) is 6.15. The Kier molecular flexibility index (Phi) is 3.31. The summed E-state index contributed by atoms with van der Waals surface area (Å²) in [5, 5.41) is 3.92. The van der Waals surface area contributed by atoms with E-state index in [9.17, 15) is 0 Å². The molecule has 1 saturated carbocycles. The second-order valence-corrected chi connectivity index (χ2v) is 5.15. The molecule has 0 aliphatic heterocycles. The first-order chi connectivity index (χ1) is 7.22. The fourth-order valence-electron chi connectivity index (χ4n) is 2.11. The van der Waals surface area contributed by atoms with Gasteiger partial charge in [-0.3, -0.25) is 0 Å². The summed E-state index contributed by atoms with van der Waals surface area (Å²) in [5.74, 6) is 2.28. The Morgan fingerprint density at radius 3 is 2.87 bits per heavy atom. The van der Waals surface area contributed by atoms with E-state index in [1.165, 1.54) is 12.8 Å². The summed E-state index contributed by atoms with van der Waals surface area (Å²) in [7, 11) is 0. The number of nitrogens with two attached hydrogens (primary N) is 1. The predicted molar refractivity (Wildman–Crippen MR) is 60.6 cm³/mol. The Morgan fingerprint density at radius 2 is 2.20 bits per heavy atom. The molecule has 1 aliphatic carbocycles. The zero-order valence-corrected chi connectivity index (χ0v) is 9.85. The molecule has 0 amide bonds. The van der Waals surface area contributed by atoms with Gasteiger partial charge in [0.2, 0.25) is 5.89 Å². The number of thioether (sulfide) groups is 1. The molecule has 0 aromatic carbocycles. The standard InChI is InChI=1S/C10H17N3OS/c1-15-7-8-12-9(14-13-8)6-10(11)4-2-3-5-10/h2-7,11H2,1H3. The van der Waals surface area contributed by atoms with Gasteiger partial charge in [0.05, 0.1) is 5.75 Å². The summed E-state index contributed by atoms with van der Waals surface area (Å²) in [6.07, 6.45) is 7.36. The van der Waals surface area contributed by atoms with Gasteiger partial charge in [-0.25, -0.2) is 0 Å². The van der Waals surface area contributed by atoms with Crippen LogP contribution in [0.5, 0.6) is 0 Å². The number of rotatable bonds is 4. The highest BCUT2D eigenvalue weighted by Gasteiger charge is 2.31. The van der Waals surface area contributed by atoms with E-state index in [-0.39, 0.29) is 5.54 Å². The number of hydrogen-bond acceptors (Lipinski definition) is 5. The van der Waals surface area contributed by atoms with Gasteiger partial charge < -0.3 is 10.3 Å². The first-order valence-electron chi connectivity index (χ1n) is 5.31. The van der Waals surface area contributed by atoms with Gasteiger partial charge in [-0.15, -0.1) is 0 Å². The SMILES string of the molecule is CSCc1noc(CC2(N)CCCC2)n1. The van der Waals surface area contributed by atoms with E-state index in [1.807, 2.05) is 6.26 Å². The minimum absolute atomic E-state index is 0.0941. The molecule has 0 bridgehead atoms. The number of aromatic nitrogens is 2. The van der Waals surface area contributed by atoms with Crippen LogP contribution in [0.4, 0.5) is 0 Å². The fourth-order valence-corrected chi connectivity index (χ4v) is 2.48. The van der Waals surface area contributed by atoms with Crippen molar-refractivity contribution in [3.63, 3.8) is 0 Å². The molecule has 1 fully saturated rings. The van der Waals surface area contributed by atoms with Gasteiger partial charge in [-0.2, -0.15) is 16.7 Å². The molecular formula is C10H17N3OS. The predicted octanol–water partition coefficient (Wildman–Crippen LogP) is 1.75. The second-order valence-electron chi connectivity index (χ2n) is 4.28. The molecule has 84 valence electrons. The Labute approximate surface area is 94.0 Å². The Morgan fingerprint density at radius 1 is 1.47 bits per heavy atom. The van der Waals surface area contributed by atoms with Crippen LogP contribution in [0, 0.1) is 0 Å². The molecule has 2 rings (SSSR count). The van der Waals surface area contributed by atoms with Gasteiger partial charge in [0.1, 0.15) is 0 Å². The Hall–Kier alpha value is -0.550. The average molecular weight is 227 g/mol. The molecule has 2 N–H and O–H groups in total. The van der Waals surface area contributed by atoms with E-state index in [2.05, 4.69) is 10.1 Å². The normalized spacial score (nSPS) is 19.6. The van der Waals surface area contributed by atoms with Gasteiger partial charge >= 0.3 is 0 Å². The van der Waals surface area contributed by atoms with Crippen LogP contribution in [-0.4, -0.2) is 21.9 Å². The quantitative estimate of drug-likeness (QED) is 0.849. The van der Waals surface area contributed by atoms with Gasteiger partial charge in [-0.05, 0) is 19.1 Å². The maximum Gasteiger partial charge on any atom is 0.228 e. The maximum absolute atomic E-state index is 6.24. The van der Waals surface area contributed by atoms with Crippen molar-refractivity contribution < 1.29 is 4.52 Å². The van der Waals surface area contributed by atoms with Crippen molar-refractivity contribution in [2.45, 2.75) is 43.4 Å². The zero-order valence-electron chi connectivity index (χ0n) is 9.03. The van der Waals surface area contributed by atoms with E-state index in [4.69, 9.17) is 10.3 Å². The van der Waals surface area contributed by atoms with E-state index in [1.54, 1.807) is 11.8 Å². The van der Waals surface area contributed by atoms with E-state index >= 15 is 0 Å². The number of hydrogen-bond donors (Lipinski definition) is 1. The molecule has 5 heteroatoms. The van der Waals surface area contributed by atoms with Gasteiger partial charge in [0, 0.05) is 12.0 Å². The van der Waals surface area contributed by atoms with Crippen molar-refractivity contribution in [2.75, 3.05) is 6.26 Å². The lowest BCUT2D eigenvalue weighted by molar-refractivity contribution is 0.327. The highest BCUT2D eigenvalue weighted by Crippen LogP contribution is 2.29. The van der Waals surface area contributed by atoms with Crippen molar-refractivity contribution in [2.24, 2.45) is 5.73 Å². The lowest BCUT2D eigenvalue weighted by atomic mass is 9.95. The molecule has 4 nitrogen and oxygen atoms in total. The van der Waals surface area contributed by atoms with Crippen LogP contribution in [0.1, 0.15) is 37.4 Å². The Balaban J connectivity index is 1.97. The monoisotopic (exact) mass is 227 g/mol. The van der Waals surface area contributed by atoms with Crippen LogP contribution in [0.15, 0.2) is 4.52 Å². The molecule has 0 atom stereocenters. The van der Waals surface area contributed by atoms with Crippen molar-refractivity contribution in [1.29, 1.82) is 0 Å². The molecule has 0 saturated heterocycles. The molecule has 1 aromatic rings. The van der Waals surface area contributed by atoms with Crippen LogP contribution in [-0.2, 0) is 12.2 Å². The van der Waals surface area contributed by atoms with Crippen LogP contribution in [0.3, 0.4) is 0 Å². The third-order valence-electron chi connectivity index (χ3n) is 2.89. The maximum atomic E-state index is 6.24. The number of nitrogens with zero attached hydrogens (tertiary/aromatic N) is 2. The lowest BCUT2D eigenvalue weighted by Crippen LogP contribution is -2.38. The van der Waals surface area contributed by atoms with Crippen LogP contribution < -0.4 is 5.73 Å². The van der Waals surface area contributed by atoms with Crippen molar-refractivity contribution in [3.8, 4) is 0 Å². The molecular weight excluding hydrogens is 210 g/mol. The highest BCUT2D eigenvalue weighted by atomic mass is 32.2. The molecule has 1 aromatic heterocycles. The molecule has 0 radical (unpaired) electrons. The lowest BCUT2D eigenvalue weighted by Gasteiger charge is -2.20. The molecule has 1 heterocycles. The summed E-state index contributed by atoms with van der Waals surface area (Å²) in [6, 6.07) is 0. The van der Waals surface area contributed by atoms with E-state index in [0.717, 1.165) is 30.8 Å². The molecule has 1 aliphatic rings. The average Bonchev–Trinajstić information content (AvgIpc) is 2.77. The molecule has 0 spiro atoms.